The van der Waals surface area contributed by atoms with Gasteiger partial charge in [0.25, 0.3) is 0 Å². The van der Waals surface area contributed by atoms with E-state index in [2.05, 4.69) is 4.90 Å². The van der Waals surface area contributed by atoms with Crippen LogP contribution in [0.5, 0.6) is 0 Å². The molecule has 0 amide bonds. The Morgan fingerprint density at radius 1 is 1.24 bits per heavy atom. The van der Waals surface area contributed by atoms with Crippen molar-refractivity contribution in [2.24, 2.45) is 5.41 Å². The molecule has 2 atom stereocenters. The van der Waals surface area contributed by atoms with Gasteiger partial charge in [0.05, 0.1) is 32.0 Å². The van der Waals surface area contributed by atoms with Crippen molar-refractivity contribution in [3.05, 3.63) is 35.9 Å². The number of benzene rings is 1. The Bertz CT molecular complexity index is 447. The summed E-state index contributed by atoms with van der Waals surface area (Å²) in [6, 6.07) is 9.85. The Hall–Kier alpha value is -0.940. The Morgan fingerprint density at radius 3 is 2.62 bits per heavy atom. The third-order valence-corrected chi connectivity index (χ3v) is 4.97. The smallest absolute Gasteiger partial charge is 0.0967 e. The molecule has 2 unspecified atom stereocenters. The minimum absolute atomic E-state index is 0.157. The van der Waals surface area contributed by atoms with E-state index in [-0.39, 0.29) is 18.1 Å². The lowest BCUT2D eigenvalue weighted by Gasteiger charge is -2.45. The van der Waals surface area contributed by atoms with Crippen LogP contribution in [0.15, 0.2) is 30.3 Å². The van der Waals surface area contributed by atoms with E-state index in [0.29, 0.717) is 6.61 Å². The van der Waals surface area contributed by atoms with Gasteiger partial charge in [0.1, 0.15) is 0 Å². The van der Waals surface area contributed by atoms with Crippen LogP contribution in [0.3, 0.4) is 0 Å². The van der Waals surface area contributed by atoms with E-state index in [4.69, 9.17) is 4.74 Å². The van der Waals surface area contributed by atoms with Gasteiger partial charge in [0.2, 0.25) is 0 Å². The summed E-state index contributed by atoms with van der Waals surface area (Å²) in [4.78, 5) is 2.31. The molecule has 2 fully saturated rings. The lowest BCUT2D eigenvalue weighted by Crippen LogP contribution is -2.47. The predicted molar refractivity (Wildman–Crippen MR) is 81.0 cm³/mol. The van der Waals surface area contributed by atoms with Crippen molar-refractivity contribution in [2.45, 2.75) is 31.4 Å². The molecule has 1 saturated carbocycles. The molecule has 1 aliphatic heterocycles. The Kier molecular flexibility index (Phi) is 4.60. The Morgan fingerprint density at radius 2 is 2.00 bits per heavy atom. The van der Waals surface area contributed by atoms with Gasteiger partial charge in [-0.25, -0.2) is 0 Å². The molecule has 1 saturated heterocycles. The maximum Gasteiger partial charge on any atom is 0.0967 e. The molecule has 1 aromatic carbocycles. The quantitative estimate of drug-likeness (QED) is 0.884. The molecule has 0 aromatic heterocycles. The number of hydrogen-bond donors (Lipinski definition) is 2. The van der Waals surface area contributed by atoms with Crippen molar-refractivity contribution in [1.82, 2.24) is 4.90 Å². The first kappa shape index (κ1) is 15.0. The van der Waals surface area contributed by atoms with Crippen LogP contribution in [-0.2, 0) is 4.74 Å². The normalized spacial score (nSPS) is 25.0. The number of aliphatic hydroxyl groups excluding tert-OH is 2. The van der Waals surface area contributed by atoms with Crippen molar-refractivity contribution in [2.75, 3.05) is 32.9 Å². The summed E-state index contributed by atoms with van der Waals surface area (Å²) < 4.78 is 5.80. The number of rotatable bonds is 4. The molecule has 2 aliphatic rings. The molecule has 1 aromatic rings. The molecular formula is C17H25NO3. The van der Waals surface area contributed by atoms with Crippen molar-refractivity contribution in [1.29, 1.82) is 0 Å². The zero-order chi connectivity index (χ0) is 14.7. The van der Waals surface area contributed by atoms with Crippen LogP contribution in [0.25, 0.3) is 0 Å². The molecule has 2 N–H and O–H groups in total. The van der Waals surface area contributed by atoms with Crippen LogP contribution in [0, 0.1) is 5.41 Å². The SMILES string of the molecule is OCC(O)C(c1ccccc1)N1CCOCC2(CCC2)C1. The van der Waals surface area contributed by atoms with E-state index in [1.165, 1.54) is 19.3 Å². The first-order chi connectivity index (χ1) is 10.2. The van der Waals surface area contributed by atoms with Gasteiger partial charge in [-0.15, -0.1) is 0 Å². The van der Waals surface area contributed by atoms with E-state index in [1.54, 1.807) is 0 Å². The minimum atomic E-state index is -0.761. The molecule has 1 heterocycles. The highest BCUT2D eigenvalue weighted by Gasteiger charge is 2.42. The second-order valence-electron chi connectivity index (χ2n) is 6.48. The van der Waals surface area contributed by atoms with Crippen molar-refractivity contribution < 1.29 is 14.9 Å². The Labute approximate surface area is 126 Å². The summed E-state index contributed by atoms with van der Waals surface area (Å²) >= 11 is 0. The fourth-order valence-corrected chi connectivity index (χ4v) is 3.67. The molecule has 21 heavy (non-hydrogen) atoms. The molecule has 1 aliphatic carbocycles. The third-order valence-electron chi connectivity index (χ3n) is 4.97. The van der Waals surface area contributed by atoms with Gasteiger partial charge in [-0.05, 0) is 18.4 Å². The first-order valence-corrected chi connectivity index (χ1v) is 7.90. The van der Waals surface area contributed by atoms with Crippen molar-refractivity contribution >= 4 is 0 Å². The largest absolute Gasteiger partial charge is 0.394 e. The molecule has 3 rings (SSSR count). The van der Waals surface area contributed by atoms with Crippen molar-refractivity contribution in [3.8, 4) is 0 Å². The van der Waals surface area contributed by atoms with Crippen LogP contribution < -0.4 is 0 Å². The summed E-state index contributed by atoms with van der Waals surface area (Å²) in [5.74, 6) is 0. The van der Waals surface area contributed by atoms with E-state index >= 15 is 0 Å². The van der Waals surface area contributed by atoms with Gasteiger partial charge in [-0.1, -0.05) is 36.8 Å². The zero-order valence-electron chi connectivity index (χ0n) is 12.4. The standard InChI is InChI=1S/C17H25NO3/c19-11-15(20)16(14-5-2-1-3-6-14)18-9-10-21-13-17(12-18)7-4-8-17/h1-3,5-6,15-16,19-20H,4,7-13H2. The topological polar surface area (TPSA) is 52.9 Å². The summed E-state index contributed by atoms with van der Waals surface area (Å²) in [6.45, 7) is 3.06. The highest BCUT2D eigenvalue weighted by molar-refractivity contribution is 5.20. The highest BCUT2D eigenvalue weighted by atomic mass is 16.5. The van der Waals surface area contributed by atoms with Gasteiger partial charge in [-0.3, -0.25) is 4.90 Å². The number of ether oxygens (including phenoxy) is 1. The van der Waals surface area contributed by atoms with Crippen molar-refractivity contribution in [3.63, 3.8) is 0 Å². The van der Waals surface area contributed by atoms with Gasteiger partial charge in [0.15, 0.2) is 0 Å². The molecule has 1 spiro atoms. The van der Waals surface area contributed by atoms with E-state index in [9.17, 15) is 10.2 Å². The lowest BCUT2D eigenvalue weighted by atomic mass is 9.69. The fourth-order valence-electron chi connectivity index (χ4n) is 3.67. The van der Waals surface area contributed by atoms with E-state index in [0.717, 1.165) is 25.3 Å². The first-order valence-electron chi connectivity index (χ1n) is 7.90. The summed E-state index contributed by atoms with van der Waals surface area (Å²) in [5, 5.41) is 19.8. The van der Waals surface area contributed by atoms with Crippen LogP contribution in [0.2, 0.25) is 0 Å². The minimum Gasteiger partial charge on any atom is -0.394 e. The molecule has 0 radical (unpaired) electrons. The lowest BCUT2D eigenvalue weighted by molar-refractivity contribution is -0.0218. The summed E-state index contributed by atoms with van der Waals surface area (Å²) in [5.41, 5.74) is 1.33. The fraction of sp³-hybridized carbons (Fsp3) is 0.647. The number of hydrogen-bond acceptors (Lipinski definition) is 4. The second-order valence-corrected chi connectivity index (χ2v) is 6.48. The summed E-state index contributed by atoms with van der Waals surface area (Å²) in [6.07, 6.45) is 2.93. The molecule has 0 bridgehead atoms. The van der Waals surface area contributed by atoms with Gasteiger partial charge in [-0.2, -0.15) is 0 Å². The maximum atomic E-state index is 10.3. The molecule has 4 heteroatoms. The number of nitrogens with zero attached hydrogens (tertiary/aromatic N) is 1. The average molecular weight is 291 g/mol. The summed E-state index contributed by atoms with van der Waals surface area (Å²) in [7, 11) is 0. The van der Waals surface area contributed by atoms with Crippen LogP contribution in [-0.4, -0.2) is 54.1 Å². The monoisotopic (exact) mass is 291 g/mol. The van der Waals surface area contributed by atoms with Gasteiger partial charge >= 0.3 is 0 Å². The van der Waals surface area contributed by atoms with Crippen LogP contribution in [0.4, 0.5) is 0 Å². The zero-order valence-corrected chi connectivity index (χ0v) is 12.4. The van der Waals surface area contributed by atoms with E-state index in [1.807, 2.05) is 30.3 Å². The molecule has 116 valence electrons. The average Bonchev–Trinajstić information content (AvgIpc) is 2.71. The predicted octanol–water partition coefficient (Wildman–Crippen LogP) is 1.58. The van der Waals surface area contributed by atoms with E-state index < -0.39 is 6.10 Å². The molecule has 4 nitrogen and oxygen atoms in total. The third kappa shape index (κ3) is 3.14. The van der Waals surface area contributed by atoms with Crippen LogP contribution >= 0.6 is 0 Å². The number of aliphatic hydroxyl groups is 2. The van der Waals surface area contributed by atoms with Gasteiger partial charge in [0, 0.05) is 18.5 Å². The Balaban J connectivity index is 1.84. The molecular weight excluding hydrogens is 266 g/mol. The van der Waals surface area contributed by atoms with Gasteiger partial charge < -0.3 is 14.9 Å². The van der Waals surface area contributed by atoms with Crippen LogP contribution in [0.1, 0.15) is 30.9 Å². The highest BCUT2D eigenvalue weighted by Crippen LogP contribution is 2.44. The second kappa shape index (κ2) is 6.44. The maximum absolute atomic E-state index is 10.3.